The number of ether oxygens (including phenoxy) is 1. The minimum atomic E-state index is -4.65. The molecule has 0 aliphatic carbocycles. The highest BCUT2D eigenvalue weighted by molar-refractivity contribution is 7.22. The number of benzene rings is 1. The molecule has 4 rings (SSSR count). The van der Waals surface area contributed by atoms with Crippen molar-refractivity contribution in [1.82, 2.24) is 20.3 Å². The van der Waals surface area contributed by atoms with E-state index < -0.39 is 17.9 Å². The van der Waals surface area contributed by atoms with E-state index in [0.29, 0.717) is 24.6 Å². The Hall–Kier alpha value is -2.79. The maximum atomic E-state index is 13.6. The molecule has 3 heterocycles. The first-order chi connectivity index (χ1) is 14.9. The second kappa shape index (κ2) is 8.75. The van der Waals surface area contributed by atoms with Gasteiger partial charge in [0.15, 0.2) is 22.3 Å². The molecule has 164 valence electrons. The summed E-state index contributed by atoms with van der Waals surface area (Å²) in [7, 11) is 1.36. The molecule has 0 spiro atoms. The lowest BCUT2D eigenvalue weighted by molar-refractivity contribution is -0.140. The average Bonchev–Trinajstić information content (AvgIpc) is 3.38. The molecule has 0 bridgehead atoms. The van der Waals surface area contributed by atoms with Crippen LogP contribution < -0.4 is 10.2 Å². The van der Waals surface area contributed by atoms with E-state index >= 15 is 0 Å². The van der Waals surface area contributed by atoms with Gasteiger partial charge in [-0.3, -0.25) is 4.79 Å². The van der Waals surface area contributed by atoms with Crippen LogP contribution in [0.3, 0.4) is 0 Å². The minimum absolute atomic E-state index is 0.0373. The number of aromatic nitrogens is 3. The fourth-order valence-electron chi connectivity index (χ4n) is 3.54. The summed E-state index contributed by atoms with van der Waals surface area (Å²) in [4.78, 5) is 26.6. The van der Waals surface area contributed by atoms with Crippen LogP contribution in [-0.2, 0) is 28.9 Å². The van der Waals surface area contributed by atoms with Gasteiger partial charge in [-0.1, -0.05) is 41.7 Å². The largest absolute Gasteiger partial charge is 0.434 e. The Morgan fingerprint density at radius 1 is 1.26 bits per heavy atom. The second-order valence-electron chi connectivity index (χ2n) is 7.12. The van der Waals surface area contributed by atoms with E-state index in [0.717, 1.165) is 23.3 Å². The summed E-state index contributed by atoms with van der Waals surface area (Å²) in [6.45, 7) is 0.761. The van der Waals surface area contributed by atoms with Gasteiger partial charge < -0.3 is 15.0 Å². The Kier molecular flexibility index (Phi) is 6.05. The maximum Gasteiger partial charge on any atom is 0.434 e. The van der Waals surface area contributed by atoms with Crippen molar-refractivity contribution in [2.24, 2.45) is 0 Å². The van der Waals surface area contributed by atoms with E-state index in [2.05, 4.69) is 20.3 Å². The first-order valence-corrected chi connectivity index (χ1v) is 10.5. The van der Waals surface area contributed by atoms with Gasteiger partial charge in [0.25, 0.3) is 0 Å². The molecular weight excluding hydrogens is 431 g/mol. The molecule has 1 amide bonds. The summed E-state index contributed by atoms with van der Waals surface area (Å²) in [5.74, 6) is -0.263. The first kappa shape index (κ1) is 21.4. The minimum Gasteiger partial charge on any atom is -0.377 e. The molecule has 31 heavy (non-hydrogen) atoms. The fourth-order valence-corrected chi connectivity index (χ4v) is 4.63. The lowest BCUT2D eigenvalue weighted by Crippen LogP contribution is -2.43. The number of hydrogen-bond acceptors (Lipinski definition) is 7. The van der Waals surface area contributed by atoms with Crippen molar-refractivity contribution in [3.63, 3.8) is 0 Å². The third-order valence-corrected chi connectivity index (χ3v) is 6.03. The van der Waals surface area contributed by atoms with E-state index in [4.69, 9.17) is 4.74 Å². The Labute approximate surface area is 180 Å². The van der Waals surface area contributed by atoms with Gasteiger partial charge in [0.05, 0.1) is 0 Å². The molecule has 1 aliphatic heterocycles. The van der Waals surface area contributed by atoms with Gasteiger partial charge in [0.1, 0.15) is 17.3 Å². The molecule has 1 aromatic carbocycles. The number of thiazole rings is 1. The van der Waals surface area contributed by atoms with Crippen molar-refractivity contribution in [3.05, 3.63) is 47.4 Å². The van der Waals surface area contributed by atoms with E-state index in [9.17, 15) is 18.0 Å². The molecule has 1 aliphatic rings. The van der Waals surface area contributed by atoms with E-state index in [1.54, 1.807) is 4.90 Å². The van der Waals surface area contributed by atoms with Gasteiger partial charge in [-0.2, -0.15) is 18.2 Å². The second-order valence-corrected chi connectivity index (χ2v) is 8.10. The number of anilines is 1. The molecular formula is C20H20F3N5O2S. The van der Waals surface area contributed by atoms with Crippen molar-refractivity contribution in [1.29, 1.82) is 0 Å². The van der Waals surface area contributed by atoms with Crippen LogP contribution in [0.1, 0.15) is 29.9 Å². The van der Waals surface area contributed by atoms with Crippen molar-refractivity contribution in [3.8, 4) is 0 Å². The number of hydrogen-bond donors (Lipinski definition) is 1. The fraction of sp³-hybridized carbons (Fsp3) is 0.400. The number of methoxy groups -OCH3 is 1. The highest BCUT2D eigenvalue weighted by Crippen LogP contribution is 2.39. The van der Waals surface area contributed by atoms with Crippen LogP contribution in [0.2, 0.25) is 0 Å². The smallest absolute Gasteiger partial charge is 0.377 e. The Morgan fingerprint density at radius 3 is 2.74 bits per heavy atom. The zero-order valence-corrected chi connectivity index (χ0v) is 17.5. The lowest BCUT2D eigenvalue weighted by atomic mass is 10.2. The summed E-state index contributed by atoms with van der Waals surface area (Å²) in [5.41, 5.74) is -0.0987. The zero-order valence-electron chi connectivity index (χ0n) is 16.6. The van der Waals surface area contributed by atoms with Gasteiger partial charge in [0.2, 0.25) is 5.91 Å². The Balaban J connectivity index is 1.60. The summed E-state index contributed by atoms with van der Waals surface area (Å²) in [6.07, 6.45) is -3.31. The third-order valence-electron chi connectivity index (χ3n) is 4.94. The quantitative estimate of drug-likeness (QED) is 0.618. The highest BCUT2D eigenvalue weighted by atomic mass is 32.1. The molecule has 0 radical (unpaired) electrons. The maximum absolute atomic E-state index is 13.6. The zero-order chi connectivity index (χ0) is 22.0. The standard InChI is InChI=1S/C20H20F3N5O2S/c1-30-11-14-25-16(20(21,22)23)15-17(26-14)27-19(31-15)28-9-5-8-13(28)18(29)24-10-12-6-3-2-4-7-12/h2-4,6-7,13H,5,8-11H2,1H3,(H,24,29)/t13-/m1/s1. The molecule has 0 unspecified atom stereocenters. The van der Waals surface area contributed by atoms with Crippen molar-refractivity contribution < 1.29 is 22.7 Å². The van der Waals surface area contributed by atoms with Crippen LogP contribution in [0.25, 0.3) is 10.3 Å². The number of rotatable bonds is 6. The molecule has 7 nitrogen and oxygen atoms in total. The van der Waals surface area contributed by atoms with Crippen LogP contribution in [0, 0.1) is 0 Å². The normalized spacial score (nSPS) is 16.8. The van der Waals surface area contributed by atoms with Gasteiger partial charge >= 0.3 is 6.18 Å². The van der Waals surface area contributed by atoms with Gasteiger partial charge in [-0.25, -0.2) is 9.97 Å². The number of amides is 1. The monoisotopic (exact) mass is 451 g/mol. The SMILES string of the molecule is COCc1nc(C(F)(F)F)c2sc(N3CCC[C@@H]3C(=O)NCc3ccccc3)nc2n1. The lowest BCUT2D eigenvalue weighted by Gasteiger charge is -2.23. The van der Waals surface area contributed by atoms with Crippen LogP contribution in [0.5, 0.6) is 0 Å². The molecule has 1 atom stereocenters. The number of carbonyl (C=O) groups excluding carboxylic acids is 1. The summed E-state index contributed by atoms with van der Waals surface area (Å²) < 4.78 is 45.4. The molecule has 1 N–H and O–H groups in total. The molecule has 0 saturated carbocycles. The van der Waals surface area contributed by atoms with E-state index in [-0.39, 0.29) is 28.7 Å². The van der Waals surface area contributed by atoms with Crippen molar-refractivity contribution in [2.75, 3.05) is 18.6 Å². The first-order valence-electron chi connectivity index (χ1n) is 9.68. The number of nitrogens with zero attached hydrogens (tertiary/aromatic N) is 4. The summed E-state index contributed by atoms with van der Waals surface area (Å²) in [6, 6.07) is 9.01. The molecule has 11 heteroatoms. The highest BCUT2D eigenvalue weighted by Gasteiger charge is 2.38. The third kappa shape index (κ3) is 4.62. The number of nitrogens with one attached hydrogen (secondary N) is 1. The summed E-state index contributed by atoms with van der Waals surface area (Å²) >= 11 is 0.859. The molecule has 3 aromatic rings. The van der Waals surface area contributed by atoms with Crippen LogP contribution >= 0.6 is 11.3 Å². The van der Waals surface area contributed by atoms with Gasteiger partial charge in [-0.05, 0) is 18.4 Å². The van der Waals surface area contributed by atoms with Crippen molar-refractivity contribution >= 4 is 32.7 Å². The van der Waals surface area contributed by atoms with Crippen LogP contribution in [0.15, 0.2) is 30.3 Å². The van der Waals surface area contributed by atoms with Crippen LogP contribution in [0.4, 0.5) is 18.3 Å². The molecule has 1 fully saturated rings. The van der Waals surface area contributed by atoms with E-state index in [1.807, 2.05) is 30.3 Å². The number of fused-ring (bicyclic) bond motifs is 1. The predicted molar refractivity (Wildman–Crippen MR) is 110 cm³/mol. The number of alkyl halides is 3. The van der Waals surface area contributed by atoms with Crippen LogP contribution in [-0.4, -0.2) is 40.6 Å². The topological polar surface area (TPSA) is 80.2 Å². The number of carbonyl (C=O) groups is 1. The van der Waals surface area contributed by atoms with Gasteiger partial charge in [0, 0.05) is 20.2 Å². The van der Waals surface area contributed by atoms with Gasteiger partial charge in [-0.15, -0.1) is 0 Å². The Bertz CT molecular complexity index is 1070. The molecule has 2 aromatic heterocycles. The van der Waals surface area contributed by atoms with E-state index in [1.165, 1.54) is 7.11 Å². The average molecular weight is 451 g/mol. The van der Waals surface area contributed by atoms with Crippen molar-refractivity contribution in [2.45, 2.75) is 38.2 Å². The molecule has 1 saturated heterocycles. The summed E-state index contributed by atoms with van der Waals surface area (Å²) in [5, 5.41) is 3.24. The Morgan fingerprint density at radius 2 is 2.03 bits per heavy atom. The number of halogens is 3. The predicted octanol–water partition coefficient (Wildman–Crippen LogP) is 3.54.